The highest BCUT2D eigenvalue weighted by Gasteiger charge is 2.52. The normalized spacial score (nSPS) is 26.9. The molecule has 3 heterocycles. The molecule has 1 unspecified atom stereocenters. The van der Waals surface area contributed by atoms with Crippen LogP contribution in [0.15, 0.2) is 18.2 Å². The van der Waals surface area contributed by atoms with Crippen molar-refractivity contribution >= 4 is 22.6 Å². The van der Waals surface area contributed by atoms with Crippen molar-refractivity contribution in [1.82, 2.24) is 9.47 Å². The average molecular weight is 336 g/mol. The molecule has 0 radical (unpaired) electrons. The lowest BCUT2D eigenvalue weighted by molar-refractivity contribution is 0.0375. The Morgan fingerprint density at radius 1 is 0.960 bits per heavy atom. The third kappa shape index (κ3) is 1.86. The first kappa shape index (κ1) is 15.3. The van der Waals surface area contributed by atoms with Gasteiger partial charge in [0.1, 0.15) is 0 Å². The van der Waals surface area contributed by atoms with Gasteiger partial charge < -0.3 is 0 Å². The molecule has 4 heteroatoms. The van der Waals surface area contributed by atoms with Gasteiger partial charge in [-0.3, -0.25) is 19.1 Å². The molecular formula is C21H24N2O2. The molecule has 1 aliphatic carbocycles. The minimum atomic E-state index is -1.05. The molecule has 25 heavy (non-hydrogen) atoms. The van der Waals surface area contributed by atoms with Crippen LogP contribution in [0.5, 0.6) is 0 Å². The predicted octanol–water partition coefficient (Wildman–Crippen LogP) is 3.60. The van der Waals surface area contributed by atoms with Crippen molar-refractivity contribution in [1.29, 1.82) is 0 Å². The van der Waals surface area contributed by atoms with Gasteiger partial charge in [0.05, 0.1) is 5.52 Å². The van der Waals surface area contributed by atoms with Crippen LogP contribution in [0.25, 0.3) is 10.9 Å². The van der Waals surface area contributed by atoms with Gasteiger partial charge in [-0.05, 0) is 70.2 Å². The van der Waals surface area contributed by atoms with Crippen molar-refractivity contribution in [3.8, 4) is 0 Å². The molecule has 2 aliphatic heterocycles. The summed E-state index contributed by atoms with van der Waals surface area (Å²) in [5, 5.41) is 1.12. The summed E-state index contributed by atoms with van der Waals surface area (Å²) < 4.78 is 1.93. The highest BCUT2D eigenvalue weighted by molar-refractivity contribution is 6.27. The molecule has 1 atom stereocenters. The van der Waals surface area contributed by atoms with Gasteiger partial charge in [0.2, 0.25) is 0 Å². The molecule has 1 fully saturated rings. The van der Waals surface area contributed by atoms with Crippen molar-refractivity contribution in [2.45, 2.75) is 57.4 Å². The molecule has 0 bridgehead atoms. The van der Waals surface area contributed by atoms with Crippen LogP contribution in [0.1, 0.15) is 65.4 Å². The molecule has 3 aliphatic rings. The number of nitrogens with zero attached hydrogens (tertiary/aromatic N) is 2. The predicted molar refractivity (Wildman–Crippen MR) is 97.4 cm³/mol. The summed E-state index contributed by atoms with van der Waals surface area (Å²) >= 11 is 0. The number of carbonyl (C=O) groups excluding carboxylic acids is 2. The van der Waals surface area contributed by atoms with Gasteiger partial charge in [-0.2, -0.15) is 0 Å². The number of carbonyl (C=O) groups is 2. The van der Waals surface area contributed by atoms with Crippen molar-refractivity contribution in [2.75, 3.05) is 13.1 Å². The lowest BCUT2D eigenvalue weighted by Crippen LogP contribution is -2.62. The van der Waals surface area contributed by atoms with Crippen LogP contribution in [0.4, 0.5) is 0 Å². The number of para-hydroxylation sites is 1. The van der Waals surface area contributed by atoms with Gasteiger partial charge in [-0.1, -0.05) is 18.6 Å². The summed E-state index contributed by atoms with van der Waals surface area (Å²) in [5.74, 6) is -0.0291. The molecule has 5 rings (SSSR count). The molecule has 0 spiro atoms. The van der Waals surface area contributed by atoms with E-state index in [4.69, 9.17) is 0 Å². The molecule has 2 aromatic rings. The Morgan fingerprint density at radius 2 is 1.72 bits per heavy atom. The number of ketones is 1. The van der Waals surface area contributed by atoms with Crippen molar-refractivity contribution in [3.05, 3.63) is 35.0 Å². The van der Waals surface area contributed by atoms with E-state index < -0.39 is 5.54 Å². The molecule has 1 aromatic heterocycles. The third-order valence-electron chi connectivity index (χ3n) is 6.59. The first-order valence-electron chi connectivity index (χ1n) is 9.64. The minimum Gasteiger partial charge on any atom is -0.291 e. The number of benzene rings is 1. The number of aryl methyl sites for hydroxylation is 1. The van der Waals surface area contributed by atoms with Crippen LogP contribution in [0.3, 0.4) is 0 Å². The molecule has 130 valence electrons. The van der Waals surface area contributed by atoms with Gasteiger partial charge >= 0.3 is 0 Å². The largest absolute Gasteiger partial charge is 0.291 e. The van der Waals surface area contributed by atoms with Gasteiger partial charge in [-0.25, -0.2) is 0 Å². The number of piperidine rings is 1. The SMILES string of the molecule is CC1(N2CCCCC2)C(=O)c2cccc3c4c(n(c23)C1=O)CCCC4. The highest BCUT2D eigenvalue weighted by atomic mass is 16.2. The number of likely N-dealkylation sites (tertiary alicyclic amines) is 1. The van der Waals surface area contributed by atoms with Gasteiger partial charge in [0, 0.05) is 16.6 Å². The van der Waals surface area contributed by atoms with Crippen molar-refractivity contribution in [3.63, 3.8) is 0 Å². The molecule has 1 aromatic carbocycles. The van der Waals surface area contributed by atoms with Crippen LogP contribution in [-0.2, 0) is 12.8 Å². The Hall–Kier alpha value is -1.94. The van der Waals surface area contributed by atoms with Crippen LogP contribution in [0, 0.1) is 0 Å². The maximum atomic E-state index is 13.7. The Labute approximate surface area is 147 Å². The Morgan fingerprint density at radius 3 is 2.52 bits per heavy atom. The van der Waals surface area contributed by atoms with Crippen LogP contribution in [0.2, 0.25) is 0 Å². The molecule has 0 saturated carbocycles. The summed E-state index contributed by atoms with van der Waals surface area (Å²) in [6, 6.07) is 5.99. The average Bonchev–Trinajstić information content (AvgIpc) is 3.00. The number of rotatable bonds is 1. The summed E-state index contributed by atoms with van der Waals surface area (Å²) in [4.78, 5) is 29.3. The summed E-state index contributed by atoms with van der Waals surface area (Å²) in [6.45, 7) is 3.53. The van der Waals surface area contributed by atoms with Crippen molar-refractivity contribution < 1.29 is 9.59 Å². The molecular weight excluding hydrogens is 312 g/mol. The Bertz CT molecular complexity index is 904. The highest BCUT2D eigenvalue weighted by Crippen LogP contribution is 2.41. The maximum Gasteiger partial charge on any atom is 0.259 e. The maximum absolute atomic E-state index is 13.7. The lowest BCUT2D eigenvalue weighted by Gasteiger charge is -2.43. The van der Waals surface area contributed by atoms with E-state index in [0.717, 1.165) is 67.4 Å². The molecule has 0 amide bonds. The van der Waals surface area contributed by atoms with E-state index in [2.05, 4.69) is 11.0 Å². The van der Waals surface area contributed by atoms with Crippen LogP contribution < -0.4 is 0 Å². The molecule has 1 saturated heterocycles. The van der Waals surface area contributed by atoms with E-state index >= 15 is 0 Å². The zero-order chi connectivity index (χ0) is 17.2. The summed E-state index contributed by atoms with van der Waals surface area (Å²) in [5.41, 5.74) is 3.02. The van der Waals surface area contributed by atoms with Crippen LogP contribution in [-0.4, -0.2) is 39.8 Å². The number of hydrogen-bond donors (Lipinski definition) is 0. The quantitative estimate of drug-likeness (QED) is 0.747. The number of Topliss-reactive ketones (excluding diaryl/α,β-unsaturated/α-hetero) is 1. The Balaban J connectivity index is 1.78. The van der Waals surface area contributed by atoms with E-state index in [-0.39, 0.29) is 11.7 Å². The second-order valence-electron chi connectivity index (χ2n) is 7.92. The fourth-order valence-corrected chi connectivity index (χ4v) is 5.19. The number of fused-ring (bicyclic) bond motifs is 3. The van der Waals surface area contributed by atoms with Gasteiger partial charge in [-0.15, -0.1) is 0 Å². The smallest absolute Gasteiger partial charge is 0.259 e. The van der Waals surface area contributed by atoms with E-state index in [1.807, 2.05) is 23.6 Å². The first-order valence-corrected chi connectivity index (χ1v) is 9.64. The summed E-state index contributed by atoms with van der Waals surface area (Å²) in [6.07, 6.45) is 7.58. The van der Waals surface area contributed by atoms with Crippen LogP contribution >= 0.6 is 0 Å². The number of hydrogen-bond acceptors (Lipinski definition) is 3. The Kier molecular flexibility index (Phi) is 3.23. The molecule has 0 N–H and O–H groups in total. The van der Waals surface area contributed by atoms with Crippen molar-refractivity contribution in [2.24, 2.45) is 0 Å². The zero-order valence-corrected chi connectivity index (χ0v) is 14.8. The third-order valence-corrected chi connectivity index (χ3v) is 6.59. The monoisotopic (exact) mass is 336 g/mol. The van der Waals surface area contributed by atoms with E-state index in [0.29, 0.717) is 0 Å². The van der Waals surface area contributed by atoms with E-state index in [1.165, 1.54) is 18.4 Å². The second-order valence-corrected chi connectivity index (χ2v) is 7.92. The fraction of sp³-hybridized carbons (Fsp3) is 0.524. The summed E-state index contributed by atoms with van der Waals surface area (Å²) in [7, 11) is 0. The first-order chi connectivity index (χ1) is 12.1. The molecule has 4 nitrogen and oxygen atoms in total. The van der Waals surface area contributed by atoms with E-state index in [1.54, 1.807) is 0 Å². The van der Waals surface area contributed by atoms with Gasteiger partial charge in [0.25, 0.3) is 5.91 Å². The number of aromatic nitrogens is 1. The lowest BCUT2D eigenvalue weighted by atomic mass is 9.83. The second kappa shape index (κ2) is 5.28. The topological polar surface area (TPSA) is 42.3 Å². The standard InChI is InChI=1S/C21H24N2O2/c1-21(22-12-5-2-6-13-22)19(24)16-10-7-9-15-14-8-3-4-11-17(14)23(18(15)16)20(21)25/h7,9-10H,2-6,8,11-13H2,1H3. The van der Waals surface area contributed by atoms with Gasteiger partial charge in [0.15, 0.2) is 11.3 Å². The zero-order valence-electron chi connectivity index (χ0n) is 14.8. The van der Waals surface area contributed by atoms with E-state index in [9.17, 15) is 9.59 Å². The fourth-order valence-electron chi connectivity index (χ4n) is 5.19. The minimum absolute atomic E-state index is 0.00709.